The van der Waals surface area contributed by atoms with Crippen LogP contribution >= 0.6 is 11.6 Å². The third kappa shape index (κ3) is 5.42. The summed E-state index contributed by atoms with van der Waals surface area (Å²) < 4.78 is 21.1. The minimum Gasteiger partial charge on any atom is -0.493 e. The van der Waals surface area contributed by atoms with Crippen LogP contribution in [0.15, 0.2) is 46.9 Å². The van der Waals surface area contributed by atoms with Gasteiger partial charge in [-0.05, 0) is 43.3 Å². The molecule has 0 aliphatic rings. The third-order valence-electron chi connectivity index (χ3n) is 4.56. The van der Waals surface area contributed by atoms with Crippen LogP contribution in [0.25, 0.3) is 0 Å². The van der Waals surface area contributed by atoms with E-state index in [9.17, 15) is 19.7 Å². The molecular weight excluding hydrogens is 456 g/mol. The third-order valence-corrected chi connectivity index (χ3v) is 4.80. The van der Waals surface area contributed by atoms with Gasteiger partial charge < -0.3 is 23.9 Å². The highest BCUT2D eigenvalue weighted by atomic mass is 35.5. The van der Waals surface area contributed by atoms with E-state index in [4.69, 9.17) is 25.5 Å². The van der Waals surface area contributed by atoms with Gasteiger partial charge in [-0.15, -0.1) is 0 Å². The summed E-state index contributed by atoms with van der Waals surface area (Å²) in [5, 5.41) is 14.1. The quantitative estimate of drug-likeness (QED) is 0.283. The van der Waals surface area contributed by atoms with Crippen LogP contribution in [-0.2, 0) is 11.3 Å². The zero-order chi connectivity index (χ0) is 24.1. The molecule has 0 aliphatic heterocycles. The number of nitrogens with zero attached hydrogens (tertiary/aromatic N) is 1. The van der Waals surface area contributed by atoms with Gasteiger partial charge in [0.1, 0.15) is 17.1 Å². The lowest BCUT2D eigenvalue weighted by Crippen LogP contribution is -2.22. The van der Waals surface area contributed by atoms with E-state index in [-0.39, 0.29) is 45.6 Å². The van der Waals surface area contributed by atoms with Crippen LogP contribution in [0, 0.1) is 17.0 Å². The number of rotatable bonds is 8. The Labute approximate surface area is 193 Å². The molecule has 0 saturated carbocycles. The first-order valence-corrected chi connectivity index (χ1v) is 9.87. The topological polar surface area (TPSA) is 130 Å². The maximum atomic E-state index is 12.6. The summed E-state index contributed by atoms with van der Waals surface area (Å²) in [6.45, 7) is 1.65. The minimum atomic E-state index is -0.614. The lowest BCUT2D eigenvalue weighted by Gasteiger charge is -2.12. The highest BCUT2D eigenvalue weighted by Crippen LogP contribution is 2.37. The molecule has 3 rings (SSSR count). The molecule has 0 unspecified atom stereocenters. The molecule has 33 heavy (non-hydrogen) atoms. The molecule has 0 aliphatic carbocycles. The maximum absolute atomic E-state index is 12.6. The van der Waals surface area contributed by atoms with Gasteiger partial charge in [-0.3, -0.25) is 14.9 Å². The number of ether oxygens (including phenoxy) is 3. The van der Waals surface area contributed by atoms with E-state index in [1.54, 1.807) is 6.92 Å². The fourth-order valence-corrected chi connectivity index (χ4v) is 3.11. The van der Waals surface area contributed by atoms with Crippen molar-refractivity contribution in [3.8, 4) is 17.2 Å². The fraction of sp³-hybridized carbons (Fsp3) is 0.182. The van der Waals surface area contributed by atoms with Crippen LogP contribution in [0.3, 0.4) is 0 Å². The van der Waals surface area contributed by atoms with Crippen molar-refractivity contribution >= 4 is 29.2 Å². The van der Waals surface area contributed by atoms with Crippen LogP contribution in [0.1, 0.15) is 32.2 Å². The second kappa shape index (κ2) is 10.0. The number of nitrogens with one attached hydrogen (secondary N) is 1. The van der Waals surface area contributed by atoms with Crippen molar-refractivity contribution in [1.29, 1.82) is 0 Å². The summed E-state index contributed by atoms with van der Waals surface area (Å²) in [7, 11) is 2.64. The first-order chi connectivity index (χ1) is 15.7. The summed E-state index contributed by atoms with van der Waals surface area (Å²) >= 11 is 5.83. The first kappa shape index (κ1) is 23.6. The number of methoxy groups -OCH3 is 2. The van der Waals surface area contributed by atoms with Crippen LogP contribution in [0.5, 0.6) is 17.2 Å². The van der Waals surface area contributed by atoms with Crippen LogP contribution < -0.4 is 14.8 Å². The Morgan fingerprint density at radius 3 is 2.48 bits per heavy atom. The Morgan fingerprint density at radius 1 is 1.09 bits per heavy atom. The van der Waals surface area contributed by atoms with Crippen molar-refractivity contribution in [2.45, 2.75) is 13.5 Å². The number of hydrogen-bond donors (Lipinski definition) is 1. The molecule has 0 spiro atoms. The van der Waals surface area contributed by atoms with E-state index in [0.717, 1.165) is 0 Å². The number of carbonyl (C=O) groups is 2. The van der Waals surface area contributed by atoms with E-state index in [0.29, 0.717) is 11.5 Å². The van der Waals surface area contributed by atoms with Gasteiger partial charge in [0, 0.05) is 16.7 Å². The number of halogens is 1. The molecule has 0 atom stereocenters. The summed E-state index contributed by atoms with van der Waals surface area (Å²) in [4.78, 5) is 34.9. The number of esters is 1. The van der Waals surface area contributed by atoms with Crippen molar-refractivity contribution in [3.63, 3.8) is 0 Å². The Hall–Kier alpha value is -4.05. The Bertz CT molecular complexity index is 1220. The van der Waals surface area contributed by atoms with E-state index >= 15 is 0 Å². The molecule has 3 aromatic rings. The number of aryl methyl sites for hydroxylation is 1. The monoisotopic (exact) mass is 474 g/mol. The summed E-state index contributed by atoms with van der Waals surface area (Å²) in [5.41, 5.74) is 0.217. The molecule has 10 nitrogen and oxygen atoms in total. The number of furan rings is 1. The highest BCUT2D eigenvalue weighted by molar-refractivity contribution is 6.30. The van der Waals surface area contributed by atoms with E-state index in [1.807, 2.05) is 0 Å². The van der Waals surface area contributed by atoms with Gasteiger partial charge in [0.05, 0.1) is 25.7 Å². The molecular formula is C22H19ClN2O8. The lowest BCUT2D eigenvalue weighted by atomic mass is 10.2. The SMILES string of the molecule is COC(=O)c1cc(CNC(=O)c2ccc(Oc3ccc(Cl)cc3[N+](=O)[O-])c(OC)c2)oc1C. The lowest BCUT2D eigenvalue weighted by molar-refractivity contribution is -0.385. The van der Waals surface area contributed by atoms with Gasteiger partial charge in [-0.25, -0.2) is 4.79 Å². The van der Waals surface area contributed by atoms with Gasteiger partial charge >= 0.3 is 11.7 Å². The van der Waals surface area contributed by atoms with Gasteiger partial charge in [0.25, 0.3) is 5.91 Å². The molecule has 0 saturated heterocycles. The predicted octanol–water partition coefficient (Wildman–Crippen LogP) is 4.67. The van der Waals surface area contributed by atoms with Crippen molar-refractivity contribution in [1.82, 2.24) is 5.32 Å². The van der Waals surface area contributed by atoms with Gasteiger partial charge in [0.15, 0.2) is 11.5 Å². The number of nitro groups is 1. The van der Waals surface area contributed by atoms with Gasteiger partial charge in [-0.1, -0.05) is 11.6 Å². The van der Waals surface area contributed by atoms with E-state index < -0.39 is 16.8 Å². The summed E-state index contributed by atoms with van der Waals surface area (Å²) in [6, 6.07) is 9.86. The number of nitro benzene ring substituents is 1. The number of amides is 1. The molecule has 0 fully saturated rings. The first-order valence-electron chi connectivity index (χ1n) is 9.49. The van der Waals surface area contributed by atoms with Crippen LogP contribution in [0.4, 0.5) is 5.69 Å². The smallest absolute Gasteiger partial charge is 0.341 e. The molecule has 2 aromatic carbocycles. The Kier molecular flexibility index (Phi) is 7.19. The molecule has 0 bridgehead atoms. The Morgan fingerprint density at radius 2 is 1.82 bits per heavy atom. The molecule has 11 heteroatoms. The zero-order valence-corrected chi connectivity index (χ0v) is 18.6. The fourth-order valence-electron chi connectivity index (χ4n) is 2.94. The Balaban J connectivity index is 1.75. The van der Waals surface area contributed by atoms with Crippen LogP contribution in [0.2, 0.25) is 5.02 Å². The van der Waals surface area contributed by atoms with Gasteiger partial charge in [-0.2, -0.15) is 0 Å². The van der Waals surface area contributed by atoms with Crippen molar-refractivity contribution in [2.75, 3.05) is 14.2 Å². The second-order valence-electron chi connectivity index (χ2n) is 6.69. The molecule has 1 amide bonds. The number of hydrogen-bond acceptors (Lipinski definition) is 8. The maximum Gasteiger partial charge on any atom is 0.341 e. The predicted molar refractivity (Wildman–Crippen MR) is 117 cm³/mol. The van der Waals surface area contributed by atoms with Gasteiger partial charge in [0.2, 0.25) is 5.75 Å². The minimum absolute atomic E-state index is 0.0329. The molecule has 1 aromatic heterocycles. The normalized spacial score (nSPS) is 10.4. The van der Waals surface area contributed by atoms with E-state index in [2.05, 4.69) is 10.1 Å². The zero-order valence-electron chi connectivity index (χ0n) is 17.8. The largest absolute Gasteiger partial charge is 0.493 e. The van der Waals surface area contributed by atoms with Crippen molar-refractivity contribution in [3.05, 3.63) is 80.2 Å². The van der Waals surface area contributed by atoms with Crippen molar-refractivity contribution < 1.29 is 33.1 Å². The molecule has 0 radical (unpaired) electrons. The van der Waals surface area contributed by atoms with E-state index in [1.165, 1.54) is 56.7 Å². The standard InChI is InChI=1S/C22H19ClN2O8/c1-12-16(22(27)31-3)10-15(32-12)11-24-21(26)13-4-6-19(20(8-13)30-2)33-18-7-5-14(23)9-17(18)25(28)29/h4-10H,11H2,1-3H3,(H,24,26). The van der Waals surface area contributed by atoms with Crippen LogP contribution in [-0.4, -0.2) is 31.0 Å². The highest BCUT2D eigenvalue weighted by Gasteiger charge is 2.20. The number of carbonyl (C=O) groups excluding carboxylic acids is 2. The summed E-state index contributed by atoms with van der Waals surface area (Å²) in [5.74, 6) is 0.113. The average Bonchev–Trinajstić information content (AvgIpc) is 3.18. The molecule has 1 N–H and O–H groups in total. The molecule has 172 valence electrons. The number of benzene rings is 2. The molecule has 1 heterocycles. The average molecular weight is 475 g/mol. The van der Waals surface area contributed by atoms with Crippen molar-refractivity contribution in [2.24, 2.45) is 0 Å². The summed E-state index contributed by atoms with van der Waals surface area (Å²) in [6.07, 6.45) is 0. The second-order valence-corrected chi connectivity index (χ2v) is 7.13.